The molecule has 8 heteroatoms. The van der Waals surface area contributed by atoms with Gasteiger partial charge < -0.3 is 20.1 Å². The van der Waals surface area contributed by atoms with Crippen molar-refractivity contribution in [1.82, 2.24) is 25.7 Å². The van der Waals surface area contributed by atoms with Gasteiger partial charge in [-0.15, -0.1) is 0 Å². The van der Waals surface area contributed by atoms with E-state index in [0.717, 1.165) is 6.42 Å². The molecule has 2 heterocycles. The van der Waals surface area contributed by atoms with Gasteiger partial charge in [0.25, 0.3) is 0 Å². The average Bonchev–Trinajstić information content (AvgIpc) is 2.82. The van der Waals surface area contributed by atoms with Crippen LogP contribution < -0.4 is 10.6 Å². The Morgan fingerprint density at radius 3 is 2.86 bits per heavy atom. The van der Waals surface area contributed by atoms with Crippen molar-refractivity contribution < 1.29 is 14.1 Å². The molecule has 0 spiro atoms. The Labute approximate surface area is 123 Å². The molecular weight excluding hydrogens is 274 g/mol. The molecule has 0 aliphatic carbocycles. The van der Waals surface area contributed by atoms with Crippen LogP contribution in [0.3, 0.4) is 0 Å². The second kappa shape index (κ2) is 6.55. The normalized spacial score (nSPS) is 17.3. The van der Waals surface area contributed by atoms with Crippen molar-refractivity contribution in [2.24, 2.45) is 0 Å². The number of urea groups is 1. The van der Waals surface area contributed by atoms with E-state index in [9.17, 15) is 9.59 Å². The predicted octanol–water partition coefficient (Wildman–Crippen LogP) is 0.785. The molecule has 1 aliphatic rings. The molecule has 1 aromatic heterocycles. The van der Waals surface area contributed by atoms with Crippen molar-refractivity contribution in [2.45, 2.75) is 39.2 Å². The summed E-state index contributed by atoms with van der Waals surface area (Å²) in [5.74, 6) is 1.00. The third-order valence-corrected chi connectivity index (χ3v) is 3.23. The molecule has 1 aliphatic heterocycles. The summed E-state index contributed by atoms with van der Waals surface area (Å²) in [5, 5.41) is 9.37. The van der Waals surface area contributed by atoms with Crippen molar-refractivity contribution in [1.29, 1.82) is 0 Å². The molecule has 1 atom stereocenters. The first-order valence-corrected chi connectivity index (χ1v) is 7.13. The zero-order chi connectivity index (χ0) is 15.4. The molecule has 0 bridgehead atoms. The van der Waals surface area contributed by atoms with E-state index in [1.807, 2.05) is 13.8 Å². The first kappa shape index (κ1) is 15.3. The van der Waals surface area contributed by atoms with Gasteiger partial charge in [0.1, 0.15) is 12.6 Å². The highest BCUT2D eigenvalue weighted by atomic mass is 16.5. The van der Waals surface area contributed by atoms with Crippen LogP contribution in [0.15, 0.2) is 4.52 Å². The van der Waals surface area contributed by atoms with E-state index in [1.54, 1.807) is 6.92 Å². The predicted molar refractivity (Wildman–Crippen MR) is 74.5 cm³/mol. The summed E-state index contributed by atoms with van der Waals surface area (Å²) in [4.78, 5) is 29.4. The lowest BCUT2D eigenvalue weighted by atomic mass is 10.2. The third kappa shape index (κ3) is 3.93. The third-order valence-electron chi connectivity index (χ3n) is 3.23. The Hall–Kier alpha value is -2.12. The van der Waals surface area contributed by atoms with Gasteiger partial charge in [0.05, 0.1) is 0 Å². The van der Waals surface area contributed by atoms with Crippen molar-refractivity contribution in [3.8, 4) is 0 Å². The Balaban J connectivity index is 1.95. The van der Waals surface area contributed by atoms with Gasteiger partial charge in [-0.25, -0.2) is 4.79 Å². The van der Waals surface area contributed by atoms with E-state index >= 15 is 0 Å². The summed E-state index contributed by atoms with van der Waals surface area (Å²) >= 11 is 0. The number of rotatable bonds is 3. The standard InChI is InChI=1S/C13H21N5O3/c1-8(2)11-16-12(21-17-11)9(3)15-13(20)18-6-4-5-14-10(19)7-18/h8-9H,4-7H2,1-3H3,(H,14,19)(H,15,20)/t9-/m0/s1. The van der Waals surface area contributed by atoms with Crippen LogP contribution >= 0.6 is 0 Å². The molecule has 8 nitrogen and oxygen atoms in total. The molecular formula is C13H21N5O3. The van der Waals surface area contributed by atoms with E-state index in [2.05, 4.69) is 20.8 Å². The number of nitrogens with zero attached hydrogens (tertiary/aromatic N) is 3. The maximum atomic E-state index is 12.2. The quantitative estimate of drug-likeness (QED) is 0.858. The minimum absolute atomic E-state index is 0.0691. The number of carbonyl (C=O) groups is 2. The molecule has 1 saturated heterocycles. The zero-order valence-electron chi connectivity index (χ0n) is 12.5. The molecule has 21 heavy (non-hydrogen) atoms. The number of carbonyl (C=O) groups excluding carboxylic acids is 2. The molecule has 3 amide bonds. The molecule has 0 unspecified atom stereocenters. The second-order valence-corrected chi connectivity index (χ2v) is 5.44. The van der Waals surface area contributed by atoms with E-state index in [0.29, 0.717) is 24.8 Å². The lowest BCUT2D eigenvalue weighted by molar-refractivity contribution is -0.121. The highest BCUT2D eigenvalue weighted by Gasteiger charge is 2.23. The summed E-state index contributed by atoms with van der Waals surface area (Å²) in [6.45, 7) is 6.91. The molecule has 2 rings (SSSR count). The lowest BCUT2D eigenvalue weighted by Crippen LogP contribution is -2.44. The maximum absolute atomic E-state index is 12.2. The van der Waals surface area contributed by atoms with Gasteiger partial charge >= 0.3 is 6.03 Å². The minimum Gasteiger partial charge on any atom is -0.354 e. The highest BCUT2D eigenvalue weighted by Crippen LogP contribution is 2.15. The Kier molecular flexibility index (Phi) is 4.77. The van der Waals surface area contributed by atoms with E-state index in [4.69, 9.17) is 4.52 Å². The van der Waals surface area contributed by atoms with Crippen LogP contribution in [0.2, 0.25) is 0 Å². The summed E-state index contributed by atoms with van der Waals surface area (Å²) in [6, 6.07) is -0.701. The fraction of sp³-hybridized carbons (Fsp3) is 0.692. The topological polar surface area (TPSA) is 100 Å². The Morgan fingerprint density at radius 2 is 2.19 bits per heavy atom. The van der Waals surface area contributed by atoms with Crippen LogP contribution in [0, 0.1) is 0 Å². The van der Waals surface area contributed by atoms with Crippen LogP contribution in [-0.2, 0) is 4.79 Å². The second-order valence-electron chi connectivity index (χ2n) is 5.44. The smallest absolute Gasteiger partial charge is 0.318 e. The first-order valence-electron chi connectivity index (χ1n) is 7.13. The molecule has 2 N–H and O–H groups in total. The summed E-state index contributed by atoms with van der Waals surface area (Å²) in [5.41, 5.74) is 0. The van der Waals surface area contributed by atoms with Gasteiger partial charge in [-0.05, 0) is 13.3 Å². The molecule has 0 aromatic carbocycles. The number of hydrogen-bond donors (Lipinski definition) is 2. The maximum Gasteiger partial charge on any atom is 0.318 e. The minimum atomic E-state index is -0.399. The SMILES string of the molecule is CC(C)c1noc([C@H](C)NC(=O)N2CCCNC(=O)C2)n1. The average molecular weight is 295 g/mol. The van der Waals surface area contributed by atoms with Crippen molar-refractivity contribution in [2.75, 3.05) is 19.6 Å². The summed E-state index contributed by atoms with van der Waals surface area (Å²) < 4.78 is 5.15. The van der Waals surface area contributed by atoms with Gasteiger partial charge in [-0.3, -0.25) is 4.79 Å². The van der Waals surface area contributed by atoms with Gasteiger partial charge in [0.2, 0.25) is 11.8 Å². The van der Waals surface area contributed by atoms with Crippen LogP contribution in [0.1, 0.15) is 50.9 Å². The molecule has 0 saturated carbocycles. The van der Waals surface area contributed by atoms with E-state index in [1.165, 1.54) is 4.90 Å². The van der Waals surface area contributed by atoms with Gasteiger partial charge in [0, 0.05) is 19.0 Å². The largest absolute Gasteiger partial charge is 0.354 e. The van der Waals surface area contributed by atoms with Crippen LogP contribution in [-0.4, -0.2) is 46.6 Å². The van der Waals surface area contributed by atoms with Gasteiger partial charge in [-0.1, -0.05) is 19.0 Å². The molecule has 1 aromatic rings. The number of aromatic nitrogens is 2. The van der Waals surface area contributed by atoms with Crippen LogP contribution in [0.4, 0.5) is 4.79 Å². The van der Waals surface area contributed by atoms with Crippen LogP contribution in [0.5, 0.6) is 0 Å². The van der Waals surface area contributed by atoms with Gasteiger partial charge in [-0.2, -0.15) is 4.98 Å². The van der Waals surface area contributed by atoms with E-state index < -0.39 is 6.04 Å². The molecule has 1 fully saturated rings. The zero-order valence-corrected chi connectivity index (χ0v) is 12.5. The van der Waals surface area contributed by atoms with Crippen molar-refractivity contribution >= 4 is 11.9 Å². The molecule has 116 valence electrons. The van der Waals surface area contributed by atoms with Crippen molar-refractivity contribution in [3.05, 3.63) is 11.7 Å². The number of amides is 3. The monoisotopic (exact) mass is 295 g/mol. The first-order chi connectivity index (χ1) is 9.97. The van der Waals surface area contributed by atoms with Crippen LogP contribution in [0.25, 0.3) is 0 Å². The van der Waals surface area contributed by atoms with Crippen molar-refractivity contribution in [3.63, 3.8) is 0 Å². The fourth-order valence-electron chi connectivity index (χ4n) is 1.98. The summed E-state index contributed by atoms with van der Waals surface area (Å²) in [6.07, 6.45) is 0.742. The summed E-state index contributed by atoms with van der Waals surface area (Å²) in [7, 11) is 0. The lowest BCUT2D eigenvalue weighted by Gasteiger charge is -2.21. The Morgan fingerprint density at radius 1 is 1.43 bits per heavy atom. The number of nitrogens with one attached hydrogen (secondary N) is 2. The number of hydrogen-bond acceptors (Lipinski definition) is 5. The highest BCUT2D eigenvalue weighted by molar-refractivity contribution is 5.84. The Bertz CT molecular complexity index is 514. The fourth-order valence-corrected chi connectivity index (χ4v) is 1.98. The van der Waals surface area contributed by atoms with Gasteiger partial charge in [0.15, 0.2) is 5.82 Å². The molecule has 0 radical (unpaired) electrons. The van der Waals surface area contributed by atoms with E-state index in [-0.39, 0.29) is 24.4 Å².